The average molecular weight is 410 g/mol. The topological polar surface area (TPSA) is 79.2 Å². The molecule has 5 rings (SSSR count). The first-order valence-corrected chi connectivity index (χ1v) is 10.1. The highest BCUT2D eigenvalue weighted by molar-refractivity contribution is 5.65. The highest BCUT2D eigenvalue weighted by Gasteiger charge is 2.17. The lowest BCUT2D eigenvalue weighted by Gasteiger charge is -2.15. The SMILES string of the molecule is CC(c1nncn1C)n1ccnc1-c1ccc(-c2ccc(Cn3ccnc3)cn2)cc1. The van der Waals surface area contributed by atoms with E-state index in [1.54, 1.807) is 12.5 Å². The van der Waals surface area contributed by atoms with E-state index >= 15 is 0 Å². The number of pyridine rings is 1. The van der Waals surface area contributed by atoms with Crippen molar-refractivity contribution in [3.8, 4) is 22.6 Å². The zero-order valence-corrected chi connectivity index (χ0v) is 17.4. The third kappa shape index (κ3) is 3.75. The fraction of sp³-hybridized carbons (Fsp3) is 0.174. The lowest BCUT2D eigenvalue weighted by Crippen LogP contribution is -2.12. The zero-order valence-electron chi connectivity index (χ0n) is 17.4. The van der Waals surface area contributed by atoms with Gasteiger partial charge in [-0.1, -0.05) is 30.3 Å². The fourth-order valence-electron chi connectivity index (χ4n) is 3.71. The first kappa shape index (κ1) is 18.9. The second-order valence-corrected chi connectivity index (χ2v) is 7.50. The Bertz CT molecular complexity index is 1260. The fourth-order valence-corrected chi connectivity index (χ4v) is 3.71. The van der Waals surface area contributed by atoms with Gasteiger partial charge in [-0.3, -0.25) is 4.98 Å². The molecular formula is C23H22N8. The molecule has 0 aliphatic carbocycles. The van der Waals surface area contributed by atoms with Crippen LogP contribution in [0, 0.1) is 0 Å². The Hall–Kier alpha value is -4.07. The average Bonchev–Trinajstić information content (AvgIpc) is 3.56. The molecular weight excluding hydrogens is 388 g/mol. The number of rotatable bonds is 6. The van der Waals surface area contributed by atoms with Crippen molar-refractivity contribution in [1.82, 2.24) is 38.9 Å². The Morgan fingerprint density at radius 2 is 1.74 bits per heavy atom. The monoisotopic (exact) mass is 410 g/mol. The first-order valence-electron chi connectivity index (χ1n) is 10.1. The molecule has 1 aromatic carbocycles. The van der Waals surface area contributed by atoms with E-state index in [1.165, 1.54) is 0 Å². The van der Waals surface area contributed by atoms with Crippen LogP contribution in [0.4, 0.5) is 0 Å². The molecule has 0 amide bonds. The van der Waals surface area contributed by atoms with Crippen LogP contribution in [0.25, 0.3) is 22.6 Å². The minimum absolute atomic E-state index is 0.0226. The normalized spacial score (nSPS) is 12.2. The van der Waals surface area contributed by atoms with Crippen molar-refractivity contribution < 1.29 is 0 Å². The minimum Gasteiger partial charge on any atom is -0.333 e. The largest absolute Gasteiger partial charge is 0.333 e. The second-order valence-electron chi connectivity index (χ2n) is 7.50. The molecule has 0 aliphatic heterocycles. The van der Waals surface area contributed by atoms with Crippen molar-refractivity contribution in [1.29, 1.82) is 0 Å². The Kier molecular flexibility index (Phi) is 4.87. The van der Waals surface area contributed by atoms with Gasteiger partial charge < -0.3 is 13.7 Å². The molecule has 0 fully saturated rings. The maximum absolute atomic E-state index is 4.64. The minimum atomic E-state index is 0.0226. The predicted octanol–water partition coefficient (Wildman–Crippen LogP) is 3.59. The van der Waals surface area contributed by atoms with E-state index in [0.717, 1.165) is 40.6 Å². The molecule has 0 aliphatic rings. The zero-order chi connectivity index (χ0) is 21.2. The van der Waals surface area contributed by atoms with Crippen molar-refractivity contribution in [3.05, 3.63) is 91.4 Å². The van der Waals surface area contributed by atoms with Crippen LogP contribution >= 0.6 is 0 Å². The number of hydrogen-bond acceptors (Lipinski definition) is 5. The Morgan fingerprint density at radius 1 is 0.903 bits per heavy atom. The summed E-state index contributed by atoms with van der Waals surface area (Å²) in [6.45, 7) is 2.86. The number of aryl methyl sites for hydroxylation is 1. The first-order chi connectivity index (χ1) is 15.2. The van der Waals surface area contributed by atoms with E-state index in [-0.39, 0.29) is 6.04 Å². The summed E-state index contributed by atoms with van der Waals surface area (Å²) in [5, 5.41) is 8.24. The Labute approximate surface area is 179 Å². The molecule has 0 bridgehead atoms. The molecule has 31 heavy (non-hydrogen) atoms. The molecule has 0 saturated heterocycles. The molecule has 8 heteroatoms. The smallest absolute Gasteiger partial charge is 0.155 e. The van der Waals surface area contributed by atoms with Gasteiger partial charge in [0.25, 0.3) is 0 Å². The molecule has 1 atom stereocenters. The van der Waals surface area contributed by atoms with E-state index in [9.17, 15) is 0 Å². The Balaban J connectivity index is 1.36. The van der Waals surface area contributed by atoms with Gasteiger partial charge in [-0.25, -0.2) is 9.97 Å². The van der Waals surface area contributed by atoms with Crippen LogP contribution in [0.2, 0.25) is 0 Å². The van der Waals surface area contributed by atoms with Crippen molar-refractivity contribution >= 4 is 0 Å². The lowest BCUT2D eigenvalue weighted by molar-refractivity contribution is 0.578. The molecule has 4 aromatic heterocycles. The summed E-state index contributed by atoms with van der Waals surface area (Å²) in [7, 11) is 1.95. The van der Waals surface area contributed by atoms with Gasteiger partial charge in [-0.15, -0.1) is 10.2 Å². The van der Waals surface area contributed by atoms with Gasteiger partial charge in [0.1, 0.15) is 12.2 Å². The molecule has 0 spiro atoms. The van der Waals surface area contributed by atoms with Crippen LogP contribution in [0.15, 0.2) is 80.0 Å². The molecule has 1 unspecified atom stereocenters. The number of nitrogens with zero attached hydrogens (tertiary/aromatic N) is 8. The van der Waals surface area contributed by atoms with Gasteiger partial charge in [-0.2, -0.15) is 0 Å². The van der Waals surface area contributed by atoms with Gasteiger partial charge in [0.05, 0.1) is 18.1 Å². The van der Waals surface area contributed by atoms with Gasteiger partial charge >= 0.3 is 0 Å². The van der Waals surface area contributed by atoms with Gasteiger partial charge in [0.2, 0.25) is 0 Å². The van der Waals surface area contributed by atoms with E-state index in [0.29, 0.717) is 0 Å². The van der Waals surface area contributed by atoms with E-state index in [2.05, 4.69) is 73.0 Å². The summed E-state index contributed by atoms with van der Waals surface area (Å²) >= 11 is 0. The van der Waals surface area contributed by atoms with Crippen molar-refractivity contribution in [3.63, 3.8) is 0 Å². The second kappa shape index (κ2) is 7.98. The summed E-state index contributed by atoms with van der Waals surface area (Å²) < 4.78 is 6.07. The van der Waals surface area contributed by atoms with Crippen LogP contribution in [0.5, 0.6) is 0 Å². The highest BCUT2D eigenvalue weighted by Crippen LogP contribution is 2.26. The van der Waals surface area contributed by atoms with Crippen LogP contribution in [-0.2, 0) is 13.6 Å². The maximum atomic E-state index is 4.64. The summed E-state index contributed by atoms with van der Waals surface area (Å²) in [6, 6.07) is 12.5. The summed E-state index contributed by atoms with van der Waals surface area (Å²) in [5.74, 6) is 1.78. The molecule has 0 N–H and O–H groups in total. The van der Waals surface area contributed by atoms with E-state index in [4.69, 9.17) is 0 Å². The van der Waals surface area contributed by atoms with E-state index in [1.807, 2.05) is 47.3 Å². The molecule has 8 nitrogen and oxygen atoms in total. The maximum Gasteiger partial charge on any atom is 0.155 e. The van der Waals surface area contributed by atoms with Crippen LogP contribution in [-0.4, -0.2) is 38.9 Å². The molecule has 4 heterocycles. The number of imidazole rings is 2. The molecule has 0 saturated carbocycles. The predicted molar refractivity (Wildman–Crippen MR) is 117 cm³/mol. The third-order valence-corrected chi connectivity index (χ3v) is 5.39. The van der Waals surface area contributed by atoms with Gasteiger partial charge in [0, 0.05) is 55.7 Å². The van der Waals surface area contributed by atoms with Gasteiger partial charge in [0.15, 0.2) is 5.82 Å². The quantitative estimate of drug-likeness (QED) is 0.427. The summed E-state index contributed by atoms with van der Waals surface area (Å²) in [4.78, 5) is 13.3. The summed E-state index contributed by atoms with van der Waals surface area (Å²) in [5.41, 5.74) is 4.19. The van der Waals surface area contributed by atoms with Crippen molar-refractivity contribution in [2.75, 3.05) is 0 Å². The molecule has 154 valence electrons. The number of benzene rings is 1. The molecule has 0 radical (unpaired) electrons. The Morgan fingerprint density at radius 3 is 2.42 bits per heavy atom. The van der Waals surface area contributed by atoms with Crippen LogP contribution in [0.3, 0.4) is 0 Å². The third-order valence-electron chi connectivity index (χ3n) is 5.39. The van der Waals surface area contributed by atoms with Crippen LogP contribution < -0.4 is 0 Å². The van der Waals surface area contributed by atoms with Crippen LogP contribution in [0.1, 0.15) is 24.4 Å². The standard InChI is InChI=1S/C23H22N8/c1-17(22-28-27-16-29(22)2)31-12-10-25-23(31)20-6-4-19(5-7-20)21-8-3-18(13-26-21)14-30-11-9-24-15-30/h3-13,15-17H,14H2,1-2H3. The van der Waals surface area contributed by atoms with Gasteiger partial charge in [-0.05, 0) is 18.6 Å². The van der Waals surface area contributed by atoms with E-state index < -0.39 is 0 Å². The molecule has 5 aromatic rings. The van der Waals surface area contributed by atoms with Crippen molar-refractivity contribution in [2.45, 2.75) is 19.5 Å². The highest BCUT2D eigenvalue weighted by atomic mass is 15.3. The lowest BCUT2D eigenvalue weighted by atomic mass is 10.1. The summed E-state index contributed by atoms with van der Waals surface area (Å²) in [6.07, 6.45) is 13.0. The van der Waals surface area contributed by atoms with Crippen molar-refractivity contribution in [2.24, 2.45) is 7.05 Å². The number of aromatic nitrogens is 8. The number of hydrogen-bond donors (Lipinski definition) is 0.